The maximum Gasteiger partial charge on any atom is 0.311 e. The average molecular weight is 411 g/mol. The zero-order valence-electron chi connectivity index (χ0n) is 19.6. The Morgan fingerprint density at radius 2 is 1.45 bits per heavy atom. The van der Waals surface area contributed by atoms with Gasteiger partial charge in [-0.15, -0.1) is 0 Å². The monoisotopic (exact) mass is 410 g/mol. The van der Waals surface area contributed by atoms with Crippen molar-refractivity contribution in [3.63, 3.8) is 0 Å². The standard InChI is InChI=1S/C10H14.C8H16O3.C6H12O2/c1-3-9(2)10-7-5-4-6-8-10;1-4-8(2,3)7(10)11-6-5-9;1-4-6(2,3)5(7)8/h4-9H,3H2,1-2H3;9H,4-6H2,1-3H3;4H2,1-3H3,(H,7,8). The molecule has 1 aromatic carbocycles. The van der Waals surface area contributed by atoms with Gasteiger partial charge < -0.3 is 14.9 Å². The number of hydrogen-bond donors (Lipinski definition) is 2. The van der Waals surface area contributed by atoms with Gasteiger partial charge in [0.05, 0.1) is 17.4 Å². The Labute approximate surface area is 177 Å². The molecule has 1 rings (SSSR count). The van der Waals surface area contributed by atoms with Crippen LogP contribution in [0.15, 0.2) is 30.3 Å². The molecule has 0 aliphatic heterocycles. The van der Waals surface area contributed by atoms with Gasteiger partial charge in [0.2, 0.25) is 0 Å². The number of benzene rings is 1. The van der Waals surface area contributed by atoms with Crippen molar-refractivity contribution in [3.8, 4) is 0 Å². The number of aliphatic hydroxyl groups excluding tert-OH is 1. The van der Waals surface area contributed by atoms with Gasteiger partial charge in [-0.2, -0.15) is 0 Å². The third-order valence-electron chi connectivity index (χ3n) is 5.20. The number of carboxylic acids is 1. The van der Waals surface area contributed by atoms with Gasteiger partial charge in [-0.05, 0) is 58.4 Å². The summed E-state index contributed by atoms with van der Waals surface area (Å²) in [5.41, 5.74) is 0.486. The number of rotatable bonds is 8. The highest BCUT2D eigenvalue weighted by atomic mass is 16.5. The Hall–Kier alpha value is -1.88. The molecule has 0 aliphatic rings. The molecule has 1 atom stereocenters. The van der Waals surface area contributed by atoms with Gasteiger partial charge in [-0.25, -0.2) is 0 Å². The van der Waals surface area contributed by atoms with Crippen LogP contribution in [0.5, 0.6) is 0 Å². The Bertz CT molecular complexity index is 564. The predicted molar refractivity (Wildman–Crippen MR) is 119 cm³/mol. The van der Waals surface area contributed by atoms with Crippen molar-refractivity contribution in [2.75, 3.05) is 13.2 Å². The molecular weight excluding hydrogens is 368 g/mol. The van der Waals surface area contributed by atoms with Crippen LogP contribution >= 0.6 is 0 Å². The maximum absolute atomic E-state index is 11.1. The molecule has 0 aliphatic carbocycles. The van der Waals surface area contributed by atoms with Crippen LogP contribution in [0.4, 0.5) is 0 Å². The number of carbonyl (C=O) groups excluding carboxylic acids is 1. The third-order valence-corrected chi connectivity index (χ3v) is 5.20. The predicted octanol–water partition coefficient (Wildman–Crippen LogP) is 5.67. The summed E-state index contributed by atoms with van der Waals surface area (Å²) in [6, 6.07) is 10.6. The summed E-state index contributed by atoms with van der Waals surface area (Å²) in [7, 11) is 0. The van der Waals surface area contributed by atoms with E-state index in [0.29, 0.717) is 12.3 Å². The van der Waals surface area contributed by atoms with Crippen molar-refractivity contribution in [1.82, 2.24) is 0 Å². The number of carboxylic acid groups (broad SMARTS) is 1. The lowest BCUT2D eigenvalue weighted by molar-refractivity contribution is -0.155. The summed E-state index contributed by atoms with van der Waals surface area (Å²) in [5, 5.41) is 16.8. The lowest BCUT2D eigenvalue weighted by Crippen LogP contribution is -2.26. The molecule has 1 unspecified atom stereocenters. The van der Waals surface area contributed by atoms with Gasteiger partial charge in [0.25, 0.3) is 0 Å². The van der Waals surface area contributed by atoms with E-state index in [-0.39, 0.29) is 19.2 Å². The molecule has 1 aromatic rings. The first kappa shape index (κ1) is 29.3. The van der Waals surface area contributed by atoms with E-state index >= 15 is 0 Å². The second-order valence-corrected chi connectivity index (χ2v) is 8.36. The van der Waals surface area contributed by atoms with Crippen LogP contribution in [0.3, 0.4) is 0 Å². The Morgan fingerprint density at radius 1 is 0.966 bits per heavy atom. The number of ether oxygens (including phenoxy) is 1. The molecule has 0 radical (unpaired) electrons. The van der Waals surface area contributed by atoms with Gasteiger partial charge in [0.15, 0.2) is 0 Å². The summed E-state index contributed by atoms with van der Waals surface area (Å²) in [6.07, 6.45) is 2.66. The van der Waals surface area contributed by atoms with Gasteiger partial charge in [0, 0.05) is 0 Å². The molecule has 0 spiro atoms. The van der Waals surface area contributed by atoms with Crippen molar-refractivity contribution >= 4 is 11.9 Å². The molecule has 0 fully saturated rings. The zero-order valence-corrected chi connectivity index (χ0v) is 19.6. The highest BCUT2D eigenvalue weighted by Crippen LogP contribution is 2.21. The van der Waals surface area contributed by atoms with E-state index in [2.05, 4.69) is 44.2 Å². The lowest BCUT2D eigenvalue weighted by atomic mass is 9.91. The van der Waals surface area contributed by atoms with Crippen molar-refractivity contribution in [2.24, 2.45) is 10.8 Å². The van der Waals surface area contributed by atoms with Crippen LogP contribution in [0.25, 0.3) is 0 Å². The minimum atomic E-state index is -0.722. The van der Waals surface area contributed by atoms with Gasteiger partial charge >= 0.3 is 11.9 Å². The van der Waals surface area contributed by atoms with Crippen LogP contribution in [-0.4, -0.2) is 35.4 Å². The first-order chi connectivity index (χ1) is 13.4. The van der Waals surface area contributed by atoms with Gasteiger partial charge in [-0.3, -0.25) is 9.59 Å². The van der Waals surface area contributed by atoms with Crippen LogP contribution in [0.1, 0.15) is 86.1 Å². The molecule has 5 heteroatoms. The molecular formula is C24H42O5. The topological polar surface area (TPSA) is 83.8 Å². The van der Waals surface area contributed by atoms with Crippen molar-refractivity contribution in [1.29, 1.82) is 0 Å². The van der Waals surface area contributed by atoms with Crippen molar-refractivity contribution < 1.29 is 24.5 Å². The summed E-state index contributed by atoms with van der Waals surface area (Å²) >= 11 is 0. The first-order valence-corrected chi connectivity index (χ1v) is 10.5. The second kappa shape index (κ2) is 15.0. The molecule has 0 saturated carbocycles. The van der Waals surface area contributed by atoms with Crippen molar-refractivity contribution in [2.45, 2.75) is 80.6 Å². The lowest BCUT2D eigenvalue weighted by Gasteiger charge is -2.19. The second-order valence-electron chi connectivity index (χ2n) is 8.36. The number of aliphatic hydroxyl groups is 1. The number of hydrogen-bond acceptors (Lipinski definition) is 4. The van der Waals surface area contributed by atoms with E-state index in [4.69, 9.17) is 14.9 Å². The van der Waals surface area contributed by atoms with Crippen LogP contribution < -0.4 is 0 Å². The van der Waals surface area contributed by atoms with E-state index in [0.717, 1.165) is 6.42 Å². The molecule has 168 valence electrons. The quantitative estimate of drug-likeness (QED) is 0.540. The molecule has 2 N–H and O–H groups in total. The van der Waals surface area contributed by atoms with Crippen LogP contribution in [-0.2, 0) is 14.3 Å². The maximum atomic E-state index is 11.1. The summed E-state index contributed by atoms with van der Waals surface area (Å²) < 4.78 is 4.76. The summed E-state index contributed by atoms with van der Waals surface area (Å²) in [5.74, 6) is -0.254. The third kappa shape index (κ3) is 13.1. The summed E-state index contributed by atoms with van der Waals surface area (Å²) in [4.78, 5) is 21.4. The Morgan fingerprint density at radius 3 is 1.76 bits per heavy atom. The van der Waals surface area contributed by atoms with Gasteiger partial charge in [-0.1, -0.05) is 58.0 Å². The average Bonchev–Trinajstić information content (AvgIpc) is 2.72. The normalized spacial score (nSPS) is 11.9. The highest BCUT2D eigenvalue weighted by Gasteiger charge is 2.26. The largest absolute Gasteiger partial charge is 0.481 e. The molecule has 29 heavy (non-hydrogen) atoms. The molecule has 0 bridgehead atoms. The minimum Gasteiger partial charge on any atom is -0.481 e. The van der Waals surface area contributed by atoms with E-state index in [1.54, 1.807) is 13.8 Å². The van der Waals surface area contributed by atoms with E-state index < -0.39 is 16.8 Å². The zero-order chi connectivity index (χ0) is 23.1. The molecule has 0 heterocycles. The number of aliphatic carboxylic acids is 1. The Kier molecular flexibility index (Phi) is 15.2. The summed E-state index contributed by atoms with van der Waals surface area (Å²) in [6.45, 7) is 15.4. The smallest absolute Gasteiger partial charge is 0.311 e. The van der Waals surface area contributed by atoms with Crippen molar-refractivity contribution in [3.05, 3.63) is 35.9 Å². The molecule has 0 aromatic heterocycles. The fraction of sp³-hybridized carbons (Fsp3) is 0.667. The van der Waals surface area contributed by atoms with Gasteiger partial charge in [0.1, 0.15) is 6.61 Å². The highest BCUT2D eigenvalue weighted by molar-refractivity contribution is 5.75. The number of esters is 1. The molecule has 5 nitrogen and oxygen atoms in total. The Balaban J connectivity index is 0. The fourth-order valence-electron chi connectivity index (χ4n) is 1.65. The van der Waals surface area contributed by atoms with Crippen LogP contribution in [0.2, 0.25) is 0 Å². The molecule has 0 amide bonds. The SMILES string of the molecule is CCC(C)(C)C(=O)O.CCC(C)(C)C(=O)OCCO.CCC(C)c1ccccc1. The van der Waals surface area contributed by atoms with E-state index in [9.17, 15) is 9.59 Å². The number of carbonyl (C=O) groups is 2. The van der Waals surface area contributed by atoms with Crippen LogP contribution in [0, 0.1) is 10.8 Å². The van der Waals surface area contributed by atoms with E-state index in [1.165, 1.54) is 12.0 Å². The molecule has 0 saturated heterocycles. The van der Waals surface area contributed by atoms with E-state index in [1.807, 2.05) is 27.7 Å². The fourth-order valence-corrected chi connectivity index (χ4v) is 1.65. The first-order valence-electron chi connectivity index (χ1n) is 10.5. The minimum absolute atomic E-state index is 0.0995.